The molecule has 1 N–H and O–H groups in total. The SMILES string of the molecule is O=C(OCCc1cccs1)C1CNc2ccccc21. The second kappa shape index (κ2) is 5.45. The molecule has 1 aromatic heterocycles. The lowest BCUT2D eigenvalue weighted by Crippen LogP contribution is -2.18. The summed E-state index contributed by atoms with van der Waals surface area (Å²) in [6.07, 6.45) is 0.797. The number of benzene rings is 1. The average molecular weight is 273 g/mol. The van der Waals surface area contributed by atoms with E-state index in [1.165, 1.54) is 4.88 Å². The quantitative estimate of drug-likeness (QED) is 0.870. The van der Waals surface area contributed by atoms with Crippen molar-refractivity contribution in [1.82, 2.24) is 0 Å². The molecular weight excluding hydrogens is 258 g/mol. The molecule has 0 aliphatic carbocycles. The van der Waals surface area contributed by atoms with E-state index in [0.29, 0.717) is 13.2 Å². The van der Waals surface area contributed by atoms with Crippen LogP contribution in [0, 0.1) is 0 Å². The van der Waals surface area contributed by atoms with Crippen LogP contribution >= 0.6 is 11.3 Å². The smallest absolute Gasteiger partial charge is 0.315 e. The highest BCUT2D eigenvalue weighted by molar-refractivity contribution is 7.09. The van der Waals surface area contributed by atoms with E-state index >= 15 is 0 Å². The average Bonchev–Trinajstić information content (AvgIpc) is 3.07. The zero-order chi connectivity index (χ0) is 13.1. The second-order valence-corrected chi connectivity index (χ2v) is 5.55. The number of fused-ring (bicyclic) bond motifs is 1. The first kappa shape index (κ1) is 12.2. The van der Waals surface area contributed by atoms with Crippen molar-refractivity contribution in [1.29, 1.82) is 0 Å². The summed E-state index contributed by atoms with van der Waals surface area (Å²) < 4.78 is 5.38. The summed E-state index contributed by atoms with van der Waals surface area (Å²) in [7, 11) is 0. The number of anilines is 1. The first-order chi connectivity index (χ1) is 9.34. The van der Waals surface area contributed by atoms with Crippen LogP contribution in [0.1, 0.15) is 16.4 Å². The predicted molar refractivity (Wildman–Crippen MR) is 76.7 cm³/mol. The van der Waals surface area contributed by atoms with Crippen LogP contribution in [0.2, 0.25) is 0 Å². The van der Waals surface area contributed by atoms with E-state index in [1.807, 2.05) is 35.7 Å². The molecule has 0 radical (unpaired) electrons. The summed E-state index contributed by atoms with van der Waals surface area (Å²) in [5.41, 5.74) is 2.09. The summed E-state index contributed by atoms with van der Waals surface area (Å²) in [5, 5.41) is 5.27. The molecule has 0 bridgehead atoms. The number of thiophene rings is 1. The van der Waals surface area contributed by atoms with Crippen molar-refractivity contribution in [3.05, 3.63) is 52.2 Å². The van der Waals surface area contributed by atoms with Gasteiger partial charge in [-0.1, -0.05) is 24.3 Å². The molecule has 2 heterocycles. The molecule has 4 heteroatoms. The maximum Gasteiger partial charge on any atom is 0.315 e. The van der Waals surface area contributed by atoms with Crippen molar-refractivity contribution < 1.29 is 9.53 Å². The highest BCUT2D eigenvalue weighted by Crippen LogP contribution is 2.31. The van der Waals surface area contributed by atoms with Crippen LogP contribution in [0.4, 0.5) is 5.69 Å². The lowest BCUT2D eigenvalue weighted by atomic mass is 10.0. The molecule has 1 aliphatic rings. The Bertz CT molecular complexity index is 565. The zero-order valence-electron chi connectivity index (χ0n) is 10.5. The molecule has 98 valence electrons. The fourth-order valence-electron chi connectivity index (χ4n) is 2.30. The minimum atomic E-state index is -0.167. The van der Waals surface area contributed by atoms with Crippen LogP contribution in [0.25, 0.3) is 0 Å². The van der Waals surface area contributed by atoms with Gasteiger partial charge in [0, 0.05) is 23.5 Å². The van der Waals surface area contributed by atoms with Gasteiger partial charge in [-0.3, -0.25) is 4.79 Å². The van der Waals surface area contributed by atoms with Gasteiger partial charge in [0.1, 0.15) is 5.92 Å². The summed E-state index contributed by atoms with van der Waals surface area (Å²) >= 11 is 1.69. The monoisotopic (exact) mass is 273 g/mol. The van der Waals surface area contributed by atoms with E-state index in [-0.39, 0.29) is 11.9 Å². The number of nitrogens with one attached hydrogen (secondary N) is 1. The van der Waals surface area contributed by atoms with Gasteiger partial charge >= 0.3 is 5.97 Å². The van der Waals surface area contributed by atoms with Crippen molar-refractivity contribution in [3.8, 4) is 0 Å². The van der Waals surface area contributed by atoms with Gasteiger partial charge in [-0.05, 0) is 23.1 Å². The van der Waals surface area contributed by atoms with Crippen LogP contribution in [0.5, 0.6) is 0 Å². The lowest BCUT2D eigenvalue weighted by molar-refractivity contribution is -0.144. The molecule has 0 saturated heterocycles. The van der Waals surface area contributed by atoms with Gasteiger partial charge in [-0.2, -0.15) is 0 Å². The van der Waals surface area contributed by atoms with E-state index in [0.717, 1.165) is 17.7 Å². The van der Waals surface area contributed by atoms with Crippen molar-refractivity contribution in [3.63, 3.8) is 0 Å². The lowest BCUT2D eigenvalue weighted by Gasteiger charge is -2.10. The number of rotatable bonds is 4. The molecule has 1 aromatic carbocycles. The van der Waals surface area contributed by atoms with Crippen LogP contribution in [-0.4, -0.2) is 19.1 Å². The molecule has 0 spiro atoms. The van der Waals surface area contributed by atoms with Crippen molar-refractivity contribution >= 4 is 23.0 Å². The Balaban J connectivity index is 1.57. The summed E-state index contributed by atoms with van der Waals surface area (Å²) in [4.78, 5) is 13.3. The molecule has 3 rings (SSSR count). The Hall–Kier alpha value is -1.81. The van der Waals surface area contributed by atoms with E-state index in [9.17, 15) is 4.79 Å². The highest BCUT2D eigenvalue weighted by Gasteiger charge is 2.29. The summed E-state index contributed by atoms with van der Waals surface area (Å²) in [6.45, 7) is 1.09. The number of esters is 1. The van der Waals surface area contributed by atoms with Crippen molar-refractivity contribution in [2.75, 3.05) is 18.5 Å². The first-order valence-corrected chi connectivity index (χ1v) is 7.24. The fourth-order valence-corrected chi connectivity index (χ4v) is 2.99. The van der Waals surface area contributed by atoms with E-state index < -0.39 is 0 Å². The van der Waals surface area contributed by atoms with Crippen molar-refractivity contribution in [2.45, 2.75) is 12.3 Å². The number of hydrogen-bond acceptors (Lipinski definition) is 4. The molecule has 3 nitrogen and oxygen atoms in total. The molecule has 1 unspecified atom stereocenters. The van der Waals surface area contributed by atoms with E-state index in [2.05, 4.69) is 11.4 Å². The Morgan fingerprint density at radius 1 is 1.32 bits per heavy atom. The van der Waals surface area contributed by atoms with Gasteiger partial charge < -0.3 is 10.1 Å². The Labute approximate surface area is 116 Å². The maximum atomic E-state index is 12.1. The molecule has 1 aliphatic heterocycles. The van der Waals surface area contributed by atoms with Gasteiger partial charge in [0.25, 0.3) is 0 Å². The Morgan fingerprint density at radius 2 is 2.21 bits per heavy atom. The number of hydrogen-bond donors (Lipinski definition) is 1. The molecule has 0 amide bonds. The van der Waals surface area contributed by atoms with E-state index in [1.54, 1.807) is 11.3 Å². The number of carbonyl (C=O) groups excluding carboxylic acids is 1. The van der Waals surface area contributed by atoms with E-state index in [4.69, 9.17) is 4.74 Å². The molecule has 0 fully saturated rings. The zero-order valence-corrected chi connectivity index (χ0v) is 11.3. The van der Waals surface area contributed by atoms with Gasteiger partial charge in [-0.15, -0.1) is 11.3 Å². The van der Waals surface area contributed by atoms with Crippen LogP contribution in [-0.2, 0) is 16.0 Å². The number of carbonyl (C=O) groups is 1. The molecular formula is C15H15NO2S. The first-order valence-electron chi connectivity index (χ1n) is 6.36. The van der Waals surface area contributed by atoms with Crippen LogP contribution in [0.3, 0.4) is 0 Å². The minimum absolute atomic E-state index is 0.131. The number of para-hydroxylation sites is 1. The molecule has 0 saturated carbocycles. The fraction of sp³-hybridized carbons (Fsp3) is 0.267. The highest BCUT2D eigenvalue weighted by atomic mass is 32.1. The topological polar surface area (TPSA) is 38.3 Å². The minimum Gasteiger partial charge on any atom is -0.465 e. The Kier molecular flexibility index (Phi) is 3.51. The van der Waals surface area contributed by atoms with Crippen LogP contribution in [0.15, 0.2) is 41.8 Å². The van der Waals surface area contributed by atoms with Gasteiger partial charge in [0.05, 0.1) is 6.61 Å². The van der Waals surface area contributed by atoms with Crippen LogP contribution < -0.4 is 5.32 Å². The van der Waals surface area contributed by atoms with Gasteiger partial charge in [0.15, 0.2) is 0 Å². The third kappa shape index (κ3) is 2.63. The largest absolute Gasteiger partial charge is 0.465 e. The van der Waals surface area contributed by atoms with Gasteiger partial charge in [0.2, 0.25) is 0 Å². The molecule has 2 aromatic rings. The third-order valence-corrected chi connectivity index (χ3v) is 4.23. The summed E-state index contributed by atoms with van der Waals surface area (Å²) in [5.74, 6) is -0.298. The predicted octanol–water partition coefficient (Wildman–Crippen LogP) is 3.04. The normalized spacial score (nSPS) is 16.7. The van der Waals surface area contributed by atoms with Crippen molar-refractivity contribution in [2.24, 2.45) is 0 Å². The Morgan fingerprint density at radius 3 is 3.05 bits per heavy atom. The summed E-state index contributed by atoms with van der Waals surface area (Å²) in [6, 6.07) is 12.0. The standard InChI is InChI=1S/C15H15NO2S/c17-15(18-8-7-11-4-3-9-19-11)13-10-16-14-6-2-1-5-12(13)14/h1-6,9,13,16H,7-8,10H2. The maximum absolute atomic E-state index is 12.1. The van der Waals surface area contributed by atoms with Gasteiger partial charge in [-0.25, -0.2) is 0 Å². The third-order valence-electron chi connectivity index (χ3n) is 3.29. The second-order valence-electron chi connectivity index (χ2n) is 4.52. The molecule has 1 atom stereocenters. The number of ether oxygens (including phenoxy) is 1. The molecule has 19 heavy (non-hydrogen) atoms.